The van der Waals surface area contributed by atoms with Crippen molar-refractivity contribution in [1.29, 1.82) is 0 Å². The number of aromatic nitrogens is 3. The number of carbonyl (C=O) groups is 1. The van der Waals surface area contributed by atoms with E-state index in [1.165, 1.54) is 23.9 Å². The van der Waals surface area contributed by atoms with E-state index in [1.807, 2.05) is 42.7 Å². The molecule has 0 aliphatic heterocycles. The average molecular weight is 427 g/mol. The zero-order valence-corrected chi connectivity index (χ0v) is 17.4. The lowest BCUT2D eigenvalue weighted by molar-refractivity contribution is -0.383. The second-order valence-electron chi connectivity index (χ2n) is 6.12. The molecule has 0 aliphatic rings. The van der Waals surface area contributed by atoms with E-state index in [-0.39, 0.29) is 23.0 Å². The molecule has 30 heavy (non-hydrogen) atoms. The van der Waals surface area contributed by atoms with Gasteiger partial charge in [0.05, 0.1) is 17.3 Å². The number of hydrogen-bond acceptors (Lipinski definition) is 7. The van der Waals surface area contributed by atoms with Crippen LogP contribution in [0, 0.1) is 10.1 Å². The van der Waals surface area contributed by atoms with Crippen molar-refractivity contribution < 1.29 is 14.5 Å². The molecule has 1 amide bonds. The van der Waals surface area contributed by atoms with Gasteiger partial charge in [-0.2, -0.15) is 0 Å². The highest BCUT2D eigenvalue weighted by atomic mass is 32.2. The minimum Gasteiger partial charge on any atom is -0.494 e. The number of hydrogen-bond donors (Lipinski definition) is 1. The number of nitrogens with zero attached hydrogens (tertiary/aromatic N) is 4. The molecule has 0 saturated carbocycles. The van der Waals surface area contributed by atoms with Gasteiger partial charge in [0.25, 0.3) is 5.69 Å². The number of amides is 1. The maximum atomic E-state index is 12.3. The molecule has 1 N–H and O–H groups in total. The monoisotopic (exact) mass is 427 g/mol. The molecule has 3 aromatic rings. The fraction of sp³-hybridized carbons (Fsp3) is 0.250. The first-order valence-electron chi connectivity index (χ1n) is 9.36. The van der Waals surface area contributed by atoms with Crippen LogP contribution in [0.5, 0.6) is 5.75 Å². The number of anilines is 1. The first-order valence-corrected chi connectivity index (χ1v) is 10.3. The lowest BCUT2D eigenvalue weighted by Gasteiger charge is -2.09. The molecular weight excluding hydrogens is 406 g/mol. The number of para-hydroxylation sites is 2. The molecule has 10 heteroatoms. The summed E-state index contributed by atoms with van der Waals surface area (Å²) >= 11 is 1.22. The van der Waals surface area contributed by atoms with Gasteiger partial charge in [0.15, 0.2) is 11.0 Å². The molecule has 0 saturated heterocycles. The summed E-state index contributed by atoms with van der Waals surface area (Å²) in [5.74, 6) is 1.17. The molecular formula is C20H21N5O4S. The van der Waals surface area contributed by atoms with E-state index in [0.29, 0.717) is 24.1 Å². The fourth-order valence-corrected chi connectivity index (χ4v) is 3.62. The number of nitro groups is 1. The van der Waals surface area contributed by atoms with E-state index in [2.05, 4.69) is 15.5 Å². The Labute approximate surface area is 177 Å². The van der Waals surface area contributed by atoms with Crippen LogP contribution in [0.15, 0.2) is 53.7 Å². The van der Waals surface area contributed by atoms with Crippen molar-refractivity contribution in [1.82, 2.24) is 14.8 Å². The van der Waals surface area contributed by atoms with E-state index >= 15 is 0 Å². The molecule has 9 nitrogen and oxygen atoms in total. The van der Waals surface area contributed by atoms with Crippen molar-refractivity contribution in [3.8, 4) is 17.1 Å². The van der Waals surface area contributed by atoms with Crippen LogP contribution in [0.25, 0.3) is 11.4 Å². The molecule has 3 rings (SSSR count). The Bertz CT molecular complexity index is 1040. The van der Waals surface area contributed by atoms with E-state index in [4.69, 9.17) is 4.74 Å². The van der Waals surface area contributed by atoms with Gasteiger partial charge in [-0.15, -0.1) is 10.2 Å². The number of carbonyl (C=O) groups excluding carboxylic acids is 1. The van der Waals surface area contributed by atoms with Gasteiger partial charge in [0.2, 0.25) is 5.91 Å². The topological polar surface area (TPSA) is 112 Å². The van der Waals surface area contributed by atoms with Crippen molar-refractivity contribution in [3.63, 3.8) is 0 Å². The Balaban J connectivity index is 1.69. The maximum absolute atomic E-state index is 12.3. The third-order valence-electron chi connectivity index (χ3n) is 4.16. The molecule has 0 atom stereocenters. The van der Waals surface area contributed by atoms with Crippen molar-refractivity contribution in [2.24, 2.45) is 0 Å². The summed E-state index contributed by atoms with van der Waals surface area (Å²) in [5, 5.41) is 22.7. The Kier molecular flexibility index (Phi) is 7.02. The maximum Gasteiger partial charge on any atom is 0.292 e. The second kappa shape index (κ2) is 9.88. The molecule has 1 aromatic heterocycles. The molecule has 0 unspecified atom stereocenters. The number of benzene rings is 2. The molecule has 1 heterocycles. The third kappa shape index (κ3) is 4.95. The van der Waals surface area contributed by atoms with Gasteiger partial charge < -0.3 is 14.6 Å². The van der Waals surface area contributed by atoms with Crippen LogP contribution in [-0.4, -0.2) is 38.0 Å². The van der Waals surface area contributed by atoms with Crippen LogP contribution in [0.4, 0.5) is 11.4 Å². The van der Waals surface area contributed by atoms with Crippen molar-refractivity contribution >= 4 is 29.0 Å². The molecule has 0 bridgehead atoms. The van der Waals surface area contributed by atoms with Crippen LogP contribution in [0.3, 0.4) is 0 Å². The van der Waals surface area contributed by atoms with Gasteiger partial charge in [-0.1, -0.05) is 23.9 Å². The minimum absolute atomic E-state index is 0.0491. The van der Waals surface area contributed by atoms with Gasteiger partial charge in [-0.3, -0.25) is 14.9 Å². The van der Waals surface area contributed by atoms with Gasteiger partial charge in [0, 0.05) is 18.2 Å². The highest BCUT2D eigenvalue weighted by Gasteiger charge is 2.17. The molecule has 0 spiro atoms. The quantitative estimate of drug-likeness (QED) is 0.312. The normalized spacial score (nSPS) is 10.6. The smallest absolute Gasteiger partial charge is 0.292 e. The summed E-state index contributed by atoms with van der Waals surface area (Å²) in [7, 11) is 0. The number of rotatable bonds is 9. The third-order valence-corrected chi connectivity index (χ3v) is 5.13. The Morgan fingerprint density at radius 3 is 2.57 bits per heavy atom. The molecule has 156 valence electrons. The first kappa shape index (κ1) is 21.3. The van der Waals surface area contributed by atoms with Crippen molar-refractivity contribution in [2.75, 3.05) is 17.7 Å². The van der Waals surface area contributed by atoms with E-state index < -0.39 is 4.92 Å². The van der Waals surface area contributed by atoms with Gasteiger partial charge in [0.1, 0.15) is 11.4 Å². The minimum atomic E-state index is -0.528. The number of ether oxygens (including phenoxy) is 1. The van der Waals surface area contributed by atoms with E-state index in [9.17, 15) is 14.9 Å². The predicted molar refractivity (Wildman–Crippen MR) is 115 cm³/mol. The van der Waals surface area contributed by atoms with E-state index in [0.717, 1.165) is 11.3 Å². The molecule has 0 fully saturated rings. The first-order chi connectivity index (χ1) is 14.5. The lowest BCUT2D eigenvalue weighted by atomic mass is 10.2. The van der Waals surface area contributed by atoms with Crippen molar-refractivity contribution in [2.45, 2.75) is 25.5 Å². The average Bonchev–Trinajstić information content (AvgIpc) is 3.16. The zero-order valence-electron chi connectivity index (χ0n) is 16.6. The predicted octanol–water partition coefficient (Wildman–Crippen LogP) is 4.00. The largest absolute Gasteiger partial charge is 0.494 e. The van der Waals surface area contributed by atoms with Crippen LogP contribution in [0.2, 0.25) is 0 Å². The van der Waals surface area contributed by atoms with Crippen LogP contribution in [0.1, 0.15) is 13.8 Å². The van der Waals surface area contributed by atoms with Crippen LogP contribution >= 0.6 is 11.8 Å². The Hall–Kier alpha value is -3.40. The van der Waals surface area contributed by atoms with Crippen molar-refractivity contribution in [3.05, 3.63) is 58.6 Å². The summed E-state index contributed by atoms with van der Waals surface area (Å²) < 4.78 is 7.38. The van der Waals surface area contributed by atoms with Gasteiger partial charge >= 0.3 is 0 Å². The lowest BCUT2D eigenvalue weighted by Crippen LogP contribution is -2.15. The summed E-state index contributed by atoms with van der Waals surface area (Å²) in [6, 6.07) is 13.6. The number of nitro benzene ring substituents is 1. The molecule has 2 aromatic carbocycles. The number of nitrogens with one attached hydrogen (secondary N) is 1. The van der Waals surface area contributed by atoms with Crippen LogP contribution in [-0.2, 0) is 11.3 Å². The summed E-state index contributed by atoms with van der Waals surface area (Å²) in [5.41, 5.74) is 0.912. The van der Waals surface area contributed by atoms with E-state index in [1.54, 1.807) is 12.1 Å². The van der Waals surface area contributed by atoms with Crippen LogP contribution < -0.4 is 10.1 Å². The molecule has 0 radical (unpaired) electrons. The summed E-state index contributed by atoms with van der Waals surface area (Å²) in [6.45, 7) is 5.12. The fourth-order valence-electron chi connectivity index (χ4n) is 2.82. The number of thioether (sulfide) groups is 1. The molecule has 0 aliphatic carbocycles. The summed E-state index contributed by atoms with van der Waals surface area (Å²) in [6.07, 6.45) is 0. The highest BCUT2D eigenvalue weighted by Crippen LogP contribution is 2.27. The van der Waals surface area contributed by atoms with Gasteiger partial charge in [-0.25, -0.2) is 0 Å². The van der Waals surface area contributed by atoms with Gasteiger partial charge in [-0.05, 0) is 44.2 Å². The summed E-state index contributed by atoms with van der Waals surface area (Å²) in [4.78, 5) is 22.9. The zero-order chi connectivity index (χ0) is 21.5. The standard InChI is InChI=1S/C20H21N5O4S/c1-3-24-19(14-9-11-15(12-10-14)29-4-2)22-23-20(24)30-13-18(26)21-16-7-5-6-8-17(16)25(27)28/h5-12H,3-4,13H2,1-2H3,(H,21,26). The Morgan fingerprint density at radius 1 is 1.17 bits per heavy atom. The SMILES string of the molecule is CCOc1ccc(-c2nnc(SCC(=O)Nc3ccccc3[N+](=O)[O-])n2CC)cc1. The second-order valence-corrected chi connectivity index (χ2v) is 7.06. The highest BCUT2D eigenvalue weighted by molar-refractivity contribution is 7.99. The Morgan fingerprint density at radius 2 is 1.90 bits per heavy atom.